The first-order valence-corrected chi connectivity index (χ1v) is 7.90. The van der Waals surface area contributed by atoms with Crippen molar-refractivity contribution in [2.45, 2.75) is 89.8 Å². The fourth-order valence-corrected chi connectivity index (χ4v) is 3.81. The van der Waals surface area contributed by atoms with Crippen LogP contribution in [0.4, 0.5) is 0 Å². The molecule has 0 amide bonds. The maximum atomic E-state index is 10.3. The molecule has 1 N–H and O–H groups in total. The second-order valence-corrected chi connectivity index (χ2v) is 7.33. The molecule has 0 aromatic heterocycles. The molecule has 0 spiro atoms. The molecule has 0 heterocycles. The van der Waals surface area contributed by atoms with Gasteiger partial charge in [0.05, 0.1) is 6.10 Å². The minimum absolute atomic E-state index is 0.0903. The smallest absolute Gasteiger partial charge is 0.0695 e. The summed E-state index contributed by atoms with van der Waals surface area (Å²) >= 11 is 0. The molecule has 18 heavy (non-hydrogen) atoms. The van der Waals surface area contributed by atoms with E-state index in [-0.39, 0.29) is 6.10 Å². The lowest BCUT2D eigenvalue weighted by molar-refractivity contribution is 0.0156. The molecule has 0 bridgehead atoms. The normalized spacial score (nSPS) is 34.5. The van der Waals surface area contributed by atoms with E-state index in [1.807, 2.05) is 0 Å². The lowest BCUT2D eigenvalue weighted by Gasteiger charge is -2.42. The third-order valence-electron chi connectivity index (χ3n) is 5.35. The van der Waals surface area contributed by atoms with Gasteiger partial charge in [-0.15, -0.1) is 0 Å². The minimum Gasteiger partial charge on any atom is -0.391 e. The Morgan fingerprint density at radius 3 is 2.22 bits per heavy atom. The van der Waals surface area contributed by atoms with Crippen LogP contribution in [0, 0.1) is 5.41 Å². The van der Waals surface area contributed by atoms with Crippen molar-refractivity contribution in [2.75, 3.05) is 7.05 Å². The third-order valence-corrected chi connectivity index (χ3v) is 5.35. The van der Waals surface area contributed by atoms with Crippen LogP contribution in [0.1, 0.15) is 71.6 Å². The number of aliphatic hydroxyl groups is 1. The van der Waals surface area contributed by atoms with E-state index < -0.39 is 0 Å². The Balaban J connectivity index is 1.91. The number of rotatable bonds is 2. The monoisotopic (exact) mass is 253 g/mol. The highest BCUT2D eigenvalue weighted by molar-refractivity contribution is 4.88. The molecule has 2 nitrogen and oxygen atoms in total. The summed E-state index contributed by atoms with van der Waals surface area (Å²) in [6, 6.07) is 1.12. The summed E-state index contributed by atoms with van der Waals surface area (Å²) in [5.74, 6) is 0. The van der Waals surface area contributed by atoms with Gasteiger partial charge in [-0.05, 0) is 51.0 Å². The number of aliphatic hydroxyl groups excluding tert-OH is 1. The van der Waals surface area contributed by atoms with Crippen LogP contribution >= 0.6 is 0 Å². The first-order chi connectivity index (χ1) is 8.49. The van der Waals surface area contributed by atoms with Crippen LogP contribution in [0.5, 0.6) is 0 Å². The Kier molecular flexibility index (Phi) is 4.71. The predicted octanol–water partition coefficient (Wildman–Crippen LogP) is 3.58. The Morgan fingerprint density at radius 1 is 0.944 bits per heavy atom. The van der Waals surface area contributed by atoms with Gasteiger partial charge in [0.2, 0.25) is 0 Å². The summed E-state index contributed by atoms with van der Waals surface area (Å²) < 4.78 is 0. The van der Waals surface area contributed by atoms with Gasteiger partial charge in [-0.1, -0.05) is 33.1 Å². The van der Waals surface area contributed by atoms with Gasteiger partial charge in [-0.25, -0.2) is 0 Å². The van der Waals surface area contributed by atoms with Gasteiger partial charge in [0.25, 0.3) is 0 Å². The van der Waals surface area contributed by atoms with Crippen LogP contribution in [0.3, 0.4) is 0 Å². The van der Waals surface area contributed by atoms with Crippen LogP contribution < -0.4 is 0 Å². The number of hydrogen-bond donors (Lipinski definition) is 1. The quantitative estimate of drug-likeness (QED) is 0.760. The van der Waals surface area contributed by atoms with Crippen LogP contribution in [0.15, 0.2) is 0 Å². The van der Waals surface area contributed by atoms with Crippen molar-refractivity contribution in [2.24, 2.45) is 5.41 Å². The van der Waals surface area contributed by atoms with Crippen molar-refractivity contribution in [3.05, 3.63) is 0 Å². The van der Waals surface area contributed by atoms with Gasteiger partial charge in [0.1, 0.15) is 0 Å². The van der Waals surface area contributed by atoms with E-state index in [4.69, 9.17) is 0 Å². The predicted molar refractivity (Wildman–Crippen MR) is 76.7 cm³/mol. The van der Waals surface area contributed by atoms with Crippen LogP contribution in [-0.4, -0.2) is 35.2 Å². The van der Waals surface area contributed by atoms with Crippen LogP contribution in [-0.2, 0) is 0 Å². The van der Waals surface area contributed by atoms with E-state index in [0.717, 1.165) is 6.42 Å². The summed E-state index contributed by atoms with van der Waals surface area (Å²) in [6.45, 7) is 4.79. The van der Waals surface area contributed by atoms with E-state index in [1.165, 1.54) is 51.4 Å². The fraction of sp³-hybridized carbons (Fsp3) is 1.00. The first-order valence-electron chi connectivity index (χ1n) is 7.90. The molecule has 2 aliphatic carbocycles. The molecule has 106 valence electrons. The van der Waals surface area contributed by atoms with Crippen molar-refractivity contribution in [3.8, 4) is 0 Å². The van der Waals surface area contributed by atoms with E-state index in [2.05, 4.69) is 25.8 Å². The van der Waals surface area contributed by atoms with Gasteiger partial charge in [0.15, 0.2) is 0 Å². The van der Waals surface area contributed by atoms with E-state index in [0.29, 0.717) is 17.5 Å². The summed E-state index contributed by atoms with van der Waals surface area (Å²) in [5, 5.41) is 10.3. The largest absolute Gasteiger partial charge is 0.391 e. The van der Waals surface area contributed by atoms with Crippen molar-refractivity contribution in [3.63, 3.8) is 0 Å². The molecule has 0 aliphatic heterocycles. The molecule has 2 heteroatoms. The van der Waals surface area contributed by atoms with Crippen LogP contribution in [0.25, 0.3) is 0 Å². The molecule has 2 rings (SSSR count). The number of hydrogen-bond acceptors (Lipinski definition) is 2. The van der Waals surface area contributed by atoms with Gasteiger partial charge in [-0.2, -0.15) is 0 Å². The summed E-state index contributed by atoms with van der Waals surface area (Å²) in [6.07, 6.45) is 11.2. The molecular weight excluding hydrogens is 222 g/mol. The highest BCUT2D eigenvalue weighted by Crippen LogP contribution is 2.38. The standard InChI is InChI=1S/C16H31NO/c1-16(2)11-9-13(10-12-16)17(3)14-7-5-4-6-8-15(14)18/h13-15,18H,4-12H2,1-3H3. The van der Waals surface area contributed by atoms with Gasteiger partial charge in [0, 0.05) is 12.1 Å². The van der Waals surface area contributed by atoms with Crippen molar-refractivity contribution in [1.82, 2.24) is 4.90 Å². The molecule has 0 saturated heterocycles. The molecule has 2 aliphatic rings. The average molecular weight is 253 g/mol. The molecule has 2 atom stereocenters. The molecule has 2 saturated carbocycles. The zero-order chi connectivity index (χ0) is 13.2. The van der Waals surface area contributed by atoms with Crippen molar-refractivity contribution >= 4 is 0 Å². The van der Waals surface area contributed by atoms with Crippen molar-refractivity contribution < 1.29 is 5.11 Å². The number of likely N-dealkylation sites (N-methyl/N-ethyl adjacent to an activating group) is 1. The Hall–Kier alpha value is -0.0800. The molecule has 0 radical (unpaired) electrons. The maximum absolute atomic E-state index is 10.3. The zero-order valence-electron chi connectivity index (χ0n) is 12.5. The Bertz CT molecular complexity index is 254. The van der Waals surface area contributed by atoms with Gasteiger partial charge >= 0.3 is 0 Å². The summed E-state index contributed by atoms with van der Waals surface area (Å²) in [4.78, 5) is 2.52. The molecule has 2 unspecified atom stereocenters. The maximum Gasteiger partial charge on any atom is 0.0695 e. The second kappa shape index (κ2) is 5.92. The molecule has 0 aromatic carbocycles. The highest BCUT2D eigenvalue weighted by atomic mass is 16.3. The topological polar surface area (TPSA) is 23.5 Å². The van der Waals surface area contributed by atoms with E-state index in [9.17, 15) is 5.11 Å². The number of nitrogens with zero attached hydrogens (tertiary/aromatic N) is 1. The lowest BCUT2D eigenvalue weighted by atomic mass is 9.75. The van der Waals surface area contributed by atoms with Crippen LogP contribution in [0.2, 0.25) is 0 Å². The highest BCUT2D eigenvalue weighted by Gasteiger charge is 2.33. The lowest BCUT2D eigenvalue weighted by Crippen LogP contribution is -2.48. The van der Waals surface area contributed by atoms with Gasteiger partial charge < -0.3 is 5.11 Å². The van der Waals surface area contributed by atoms with E-state index >= 15 is 0 Å². The zero-order valence-corrected chi connectivity index (χ0v) is 12.5. The summed E-state index contributed by atoms with van der Waals surface area (Å²) in [5.41, 5.74) is 0.541. The summed E-state index contributed by atoms with van der Waals surface area (Å²) in [7, 11) is 2.25. The Labute approximate surface area is 113 Å². The molecular formula is C16H31NO. The Morgan fingerprint density at radius 2 is 1.56 bits per heavy atom. The second-order valence-electron chi connectivity index (χ2n) is 7.33. The first kappa shape index (κ1) is 14.3. The fourth-order valence-electron chi connectivity index (χ4n) is 3.81. The van der Waals surface area contributed by atoms with Crippen molar-refractivity contribution in [1.29, 1.82) is 0 Å². The third kappa shape index (κ3) is 3.48. The van der Waals surface area contributed by atoms with E-state index in [1.54, 1.807) is 0 Å². The molecule has 2 fully saturated rings. The minimum atomic E-state index is -0.0903. The van der Waals surface area contributed by atoms with Gasteiger partial charge in [-0.3, -0.25) is 4.90 Å². The SMILES string of the molecule is CN(C1CCC(C)(C)CC1)C1CCCCCC1O. The molecule has 0 aromatic rings. The average Bonchev–Trinajstić information content (AvgIpc) is 2.53.